The number of ether oxygens (including phenoxy) is 1. The lowest BCUT2D eigenvalue weighted by Crippen LogP contribution is -2.33. The predicted octanol–water partition coefficient (Wildman–Crippen LogP) is 0.755. The Hall–Kier alpha value is -1.39. The van der Waals surface area contributed by atoms with Gasteiger partial charge in [-0.15, -0.1) is 0 Å². The van der Waals surface area contributed by atoms with E-state index in [9.17, 15) is 4.79 Å². The van der Waals surface area contributed by atoms with Crippen molar-refractivity contribution >= 4 is 5.97 Å². The molecular formula is C12H15NO3. The lowest BCUT2D eigenvalue weighted by atomic mass is 9.90. The molecular weight excluding hydrogens is 206 g/mol. The first-order valence-corrected chi connectivity index (χ1v) is 5.32. The van der Waals surface area contributed by atoms with Crippen molar-refractivity contribution in [2.45, 2.75) is 18.4 Å². The van der Waals surface area contributed by atoms with Crippen molar-refractivity contribution in [3.63, 3.8) is 0 Å². The van der Waals surface area contributed by atoms with Crippen LogP contribution in [0.1, 0.15) is 17.0 Å². The number of aliphatic carboxylic acids is 1. The second-order valence-electron chi connectivity index (χ2n) is 4.08. The van der Waals surface area contributed by atoms with Crippen LogP contribution in [0.25, 0.3) is 0 Å². The van der Waals surface area contributed by atoms with Crippen molar-refractivity contribution in [2.75, 3.05) is 13.2 Å². The average molecular weight is 221 g/mol. The molecule has 16 heavy (non-hydrogen) atoms. The summed E-state index contributed by atoms with van der Waals surface area (Å²) in [6.45, 7) is 1.44. The van der Waals surface area contributed by atoms with E-state index in [1.54, 1.807) is 0 Å². The van der Waals surface area contributed by atoms with Crippen molar-refractivity contribution < 1.29 is 14.6 Å². The molecule has 4 nitrogen and oxygen atoms in total. The molecule has 1 heterocycles. The van der Waals surface area contributed by atoms with Gasteiger partial charge in [0.15, 0.2) is 0 Å². The fourth-order valence-electron chi connectivity index (χ4n) is 1.86. The van der Waals surface area contributed by atoms with Crippen molar-refractivity contribution in [1.82, 2.24) is 0 Å². The smallest absolute Gasteiger partial charge is 0.320 e. The molecule has 1 aromatic rings. The van der Waals surface area contributed by atoms with Gasteiger partial charge in [-0.2, -0.15) is 0 Å². The van der Waals surface area contributed by atoms with Crippen LogP contribution in [0.2, 0.25) is 0 Å². The highest BCUT2D eigenvalue weighted by Crippen LogP contribution is 2.27. The summed E-state index contributed by atoms with van der Waals surface area (Å²) in [6, 6.07) is 7.01. The molecule has 1 saturated heterocycles. The number of benzene rings is 1. The number of carbonyl (C=O) groups is 1. The van der Waals surface area contributed by atoms with Crippen molar-refractivity contribution in [3.05, 3.63) is 35.4 Å². The molecule has 1 unspecified atom stereocenters. The third-order valence-electron chi connectivity index (χ3n) is 2.89. The molecule has 86 valence electrons. The predicted molar refractivity (Wildman–Crippen MR) is 59.3 cm³/mol. The van der Waals surface area contributed by atoms with Crippen LogP contribution in [0.3, 0.4) is 0 Å². The summed E-state index contributed by atoms with van der Waals surface area (Å²) < 4.78 is 5.15. The Morgan fingerprint density at radius 1 is 1.50 bits per heavy atom. The van der Waals surface area contributed by atoms with Crippen LogP contribution in [0.15, 0.2) is 24.3 Å². The Morgan fingerprint density at radius 2 is 2.19 bits per heavy atom. The van der Waals surface area contributed by atoms with Crippen LogP contribution in [0, 0.1) is 0 Å². The maximum atomic E-state index is 10.7. The van der Waals surface area contributed by atoms with Crippen LogP contribution in [-0.2, 0) is 16.0 Å². The maximum Gasteiger partial charge on any atom is 0.320 e. The summed E-state index contributed by atoms with van der Waals surface area (Å²) >= 11 is 0. The molecule has 1 atom stereocenters. The SMILES string of the molecule is NC(Cc1ccccc1C1COC1)C(=O)O. The van der Waals surface area contributed by atoms with Gasteiger partial charge in [-0.3, -0.25) is 4.79 Å². The second kappa shape index (κ2) is 4.63. The van der Waals surface area contributed by atoms with E-state index >= 15 is 0 Å². The van der Waals surface area contributed by atoms with E-state index in [2.05, 4.69) is 0 Å². The summed E-state index contributed by atoms with van der Waals surface area (Å²) in [4.78, 5) is 10.7. The third kappa shape index (κ3) is 2.23. The summed E-state index contributed by atoms with van der Waals surface area (Å²) in [7, 11) is 0. The minimum absolute atomic E-state index is 0.377. The minimum Gasteiger partial charge on any atom is -0.480 e. The van der Waals surface area contributed by atoms with E-state index in [1.165, 1.54) is 5.56 Å². The van der Waals surface area contributed by atoms with Gasteiger partial charge in [-0.25, -0.2) is 0 Å². The zero-order chi connectivity index (χ0) is 11.5. The van der Waals surface area contributed by atoms with E-state index in [-0.39, 0.29) is 0 Å². The molecule has 2 rings (SSSR count). The number of carboxylic acid groups (broad SMARTS) is 1. The third-order valence-corrected chi connectivity index (χ3v) is 2.89. The van der Waals surface area contributed by atoms with Gasteiger partial charge in [-0.1, -0.05) is 24.3 Å². The zero-order valence-electron chi connectivity index (χ0n) is 8.93. The zero-order valence-corrected chi connectivity index (χ0v) is 8.93. The van der Waals surface area contributed by atoms with Crippen LogP contribution in [0.4, 0.5) is 0 Å². The van der Waals surface area contributed by atoms with E-state index in [4.69, 9.17) is 15.6 Å². The highest BCUT2D eigenvalue weighted by molar-refractivity contribution is 5.73. The lowest BCUT2D eigenvalue weighted by Gasteiger charge is -2.28. The summed E-state index contributed by atoms with van der Waals surface area (Å²) in [5, 5.41) is 8.79. The molecule has 1 aliphatic rings. The van der Waals surface area contributed by atoms with Gasteiger partial charge >= 0.3 is 5.97 Å². The molecule has 0 aromatic heterocycles. The number of carboxylic acids is 1. The Kier molecular flexibility index (Phi) is 3.22. The van der Waals surface area contributed by atoms with Gasteiger partial charge < -0.3 is 15.6 Å². The van der Waals surface area contributed by atoms with Gasteiger partial charge in [-0.05, 0) is 17.5 Å². The molecule has 0 radical (unpaired) electrons. The Labute approximate surface area is 94.0 Å². The van der Waals surface area contributed by atoms with Gasteiger partial charge in [0.1, 0.15) is 6.04 Å². The summed E-state index contributed by atoms with van der Waals surface area (Å²) in [5.41, 5.74) is 7.74. The summed E-state index contributed by atoms with van der Waals surface area (Å²) in [6.07, 6.45) is 0.377. The fraction of sp³-hybridized carbons (Fsp3) is 0.417. The first-order valence-electron chi connectivity index (χ1n) is 5.32. The molecule has 0 saturated carbocycles. The van der Waals surface area contributed by atoms with E-state index < -0.39 is 12.0 Å². The Morgan fingerprint density at radius 3 is 2.75 bits per heavy atom. The van der Waals surface area contributed by atoms with Gasteiger partial charge in [0.25, 0.3) is 0 Å². The molecule has 0 bridgehead atoms. The molecule has 1 fully saturated rings. The molecule has 1 aromatic carbocycles. The Balaban J connectivity index is 2.16. The van der Waals surface area contributed by atoms with Crippen LogP contribution in [0.5, 0.6) is 0 Å². The number of nitrogens with two attached hydrogens (primary N) is 1. The highest BCUT2D eigenvalue weighted by Gasteiger charge is 2.24. The molecule has 3 N–H and O–H groups in total. The molecule has 0 amide bonds. The Bertz CT molecular complexity index is 388. The standard InChI is InChI=1S/C12H15NO3/c13-11(12(14)15)5-8-3-1-2-4-10(8)9-6-16-7-9/h1-4,9,11H,5-7,13H2,(H,14,15). The van der Waals surface area contributed by atoms with E-state index in [0.717, 1.165) is 18.8 Å². The molecule has 4 heteroatoms. The van der Waals surface area contributed by atoms with Gasteiger partial charge in [0.2, 0.25) is 0 Å². The summed E-state index contributed by atoms with van der Waals surface area (Å²) in [5.74, 6) is -0.558. The monoisotopic (exact) mass is 221 g/mol. The van der Waals surface area contributed by atoms with Crippen molar-refractivity contribution in [1.29, 1.82) is 0 Å². The first-order chi connectivity index (χ1) is 7.68. The molecule has 1 aliphatic heterocycles. The normalized spacial score (nSPS) is 17.8. The largest absolute Gasteiger partial charge is 0.480 e. The maximum absolute atomic E-state index is 10.7. The quantitative estimate of drug-likeness (QED) is 0.787. The minimum atomic E-state index is -0.959. The lowest BCUT2D eigenvalue weighted by molar-refractivity contribution is -0.138. The molecule has 0 spiro atoms. The van der Waals surface area contributed by atoms with Crippen LogP contribution in [-0.4, -0.2) is 30.3 Å². The number of rotatable bonds is 4. The fourth-order valence-corrected chi connectivity index (χ4v) is 1.86. The highest BCUT2D eigenvalue weighted by atomic mass is 16.5. The second-order valence-corrected chi connectivity index (χ2v) is 4.08. The van der Waals surface area contributed by atoms with Crippen molar-refractivity contribution in [3.8, 4) is 0 Å². The topological polar surface area (TPSA) is 72.5 Å². The van der Waals surface area contributed by atoms with Crippen molar-refractivity contribution in [2.24, 2.45) is 5.73 Å². The number of hydrogen-bond donors (Lipinski definition) is 2. The number of hydrogen-bond acceptors (Lipinski definition) is 3. The van der Waals surface area contributed by atoms with Crippen LogP contribution < -0.4 is 5.73 Å². The van der Waals surface area contributed by atoms with E-state index in [0.29, 0.717) is 12.3 Å². The van der Waals surface area contributed by atoms with E-state index in [1.807, 2.05) is 24.3 Å². The average Bonchev–Trinajstić information content (AvgIpc) is 2.18. The van der Waals surface area contributed by atoms with Gasteiger partial charge in [0.05, 0.1) is 13.2 Å². The molecule has 0 aliphatic carbocycles. The first kappa shape index (κ1) is 11.1. The van der Waals surface area contributed by atoms with Crippen LogP contribution >= 0.6 is 0 Å². The van der Waals surface area contributed by atoms with Gasteiger partial charge in [0, 0.05) is 5.92 Å².